The quantitative estimate of drug-likeness (QED) is 0.609. The molecule has 1 aliphatic carbocycles. The maximum Gasteiger partial charge on any atom is 0.357 e. The molecule has 136 valence electrons. The van der Waals surface area contributed by atoms with Gasteiger partial charge in [0.1, 0.15) is 6.04 Å². The first-order valence-corrected chi connectivity index (χ1v) is 8.34. The van der Waals surface area contributed by atoms with Crippen molar-refractivity contribution >= 4 is 17.9 Å². The highest BCUT2D eigenvalue weighted by Crippen LogP contribution is 2.39. The van der Waals surface area contributed by atoms with Crippen LogP contribution in [0.4, 0.5) is 0 Å². The Labute approximate surface area is 143 Å². The fraction of sp³-hybridized carbons (Fsp3) is 0.625. The van der Waals surface area contributed by atoms with E-state index in [0.29, 0.717) is 25.4 Å². The van der Waals surface area contributed by atoms with E-state index in [9.17, 15) is 24.6 Å². The average Bonchev–Trinajstić information content (AvgIpc) is 2.98. The molecule has 4 N–H and O–H groups in total. The summed E-state index contributed by atoms with van der Waals surface area (Å²) < 4.78 is 1.40. The van der Waals surface area contributed by atoms with Crippen LogP contribution in [0.3, 0.4) is 0 Å². The second-order valence-corrected chi connectivity index (χ2v) is 6.94. The van der Waals surface area contributed by atoms with Gasteiger partial charge in [0.25, 0.3) is 0 Å². The molecular formula is C16H21N3O6. The Bertz CT molecular complexity index is 700. The molecule has 1 aromatic rings. The van der Waals surface area contributed by atoms with Gasteiger partial charge in [-0.3, -0.25) is 4.79 Å². The third kappa shape index (κ3) is 3.51. The van der Waals surface area contributed by atoms with Gasteiger partial charge in [0.2, 0.25) is 0 Å². The zero-order chi connectivity index (χ0) is 18.1. The highest BCUT2D eigenvalue weighted by atomic mass is 16.4. The monoisotopic (exact) mass is 351 g/mol. The molecule has 1 aliphatic heterocycles. The van der Waals surface area contributed by atoms with E-state index in [0.717, 1.165) is 19.3 Å². The lowest BCUT2D eigenvalue weighted by Crippen LogP contribution is -2.49. The van der Waals surface area contributed by atoms with E-state index in [-0.39, 0.29) is 17.5 Å². The minimum atomic E-state index is -1.36. The number of aliphatic carboxylic acids is 1. The number of hydrogen-bond donors (Lipinski definition) is 4. The third-order valence-corrected chi connectivity index (χ3v) is 5.41. The summed E-state index contributed by atoms with van der Waals surface area (Å²) in [5, 5.41) is 30.6. The highest BCUT2D eigenvalue weighted by Gasteiger charge is 2.38. The molecule has 0 aromatic carbocycles. The van der Waals surface area contributed by atoms with Crippen LogP contribution in [-0.4, -0.2) is 55.4 Å². The molecule has 1 aromatic heterocycles. The molecule has 0 amide bonds. The van der Waals surface area contributed by atoms with Crippen LogP contribution >= 0.6 is 0 Å². The van der Waals surface area contributed by atoms with E-state index in [1.807, 2.05) is 0 Å². The topological polar surface area (TPSA) is 142 Å². The van der Waals surface area contributed by atoms with Crippen molar-refractivity contribution in [3.63, 3.8) is 0 Å². The van der Waals surface area contributed by atoms with Gasteiger partial charge in [0, 0.05) is 6.54 Å². The number of carbonyl (C=O) groups is 3. The van der Waals surface area contributed by atoms with Crippen LogP contribution in [-0.2, 0) is 11.3 Å². The zero-order valence-electron chi connectivity index (χ0n) is 13.6. The van der Waals surface area contributed by atoms with Gasteiger partial charge in [0.15, 0.2) is 11.4 Å². The Morgan fingerprint density at radius 1 is 1.12 bits per heavy atom. The van der Waals surface area contributed by atoms with Crippen molar-refractivity contribution in [1.82, 2.24) is 14.9 Å². The Balaban J connectivity index is 1.71. The predicted molar refractivity (Wildman–Crippen MR) is 84.5 cm³/mol. The lowest BCUT2D eigenvalue weighted by atomic mass is 9.69. The van der Waals surface area contributed by atoms with Crippen LogP contribution in [0.5, 0.6) is 0 Å². The summed E-state index contributed by atoms with van der Waals surface area (Å²) in [6, 6.07) is -0.526. The van der Waals surface area contributed by atoms with E-state index in [1.165, 1.54) is 10.9 Å². The summed E-state index contributed by atoms with van der Waals surface area (Å²) in [6.07, 6.45) is 4.52. The van der Waals surface area contributed by atoms with Crippen molar-refractivity contribution in [3.8, 4) is 0 Å². The molecule has 0 bridgehead atoms. The fourth-order valence-corrected chi connectivity index (χ4v) is 4.19. The minimum Gasteiger partial charge on any atom is -0.480 e. The molecule has 2 fully saturated rings. The van der Waals surface area contributed by atoms with Crippen molar-refractivity contribution in [2.75, 3.05) is 6.54 Å². The van der Waals surface area contributed by atoms with Crippen LogP contribution in [0.15, 0.2) is 6.33 Å². The Morgan fingerprint density at radius 2 is 1.88 bits per heavy atom. The number of hydrogen-bond acceptors (Lipinski definition) is 5. The molecule has 3 rings (SSSR count). The second-order valence-electron chi connectivity index (χ2n) is 6.94. The molecule has 1 saturated heterocycles. The van der Waals surface area contributed by atoms with Gasteiger partial charge in [-0.25, -0.2) is 14.6 Å². The number of aromatic carboxylic acids is 2. The average molecular weight is 351 g/mol. The zero-order valence-corrected chi connectivity index (χ0v) is 13.6. The van der Waals surface area contributed by atoms with Crippen molar-refractivity contribution in [1.29, 1.82) is 0 Å². The van der Waals surface area contributed by atoms with Crippen molar-refractivity contribution in [2.24, 2.45) is 17.8 Å². The smallest absolute Gasteiger partial charge is 0.357 e. The first-order valence-electron chi connectivity index (χ1n) is 8.34. The summed E-state index contributed by atoms with van der Waals surface area (Å²) >= 11 is 0. The van der Waals surface area contributed by atoms with Gasteiger partial charge >= 0.3 is 17.9 Å². The predicted octanol–water partition coefficient (Wildman–Crippen LogP) is 0.758. The molecule has 2 heterocycles. The molecule has 2 aliphatic rings. The van der Waals surface area contributed by atoms with Gasteiger partial charge in [-0.15, -0.1) is 0 Å². The number of carboxylic acid groups (broad SMARTS) is 3. The summed E-state index contributed by atoms with van der Waals surface area (Å²) in [6.45, 7) is 1.08. The second kappa shape index (κ2) is 6.83. The number of carboxylic acids is 3. The number of piperidine rings is 1. The van der Waals surface area contributed by atoms with Crippen LogP contribution in [0.25, 0.3) is 0 Å². The summed E-state index contributed by atoms with van der Waals surface area (Å²) in [7, 11) is 0. The maximum absolute atomic E-state index is 11.4. The molecule has 4 unspecified atom stereocenters. The van der Waals surface area contributed by atoms with Gasteiger partial charge in [-0.05, 0) is 50.0 Å². The normalized spacial score (nSPS) is 29.0. The van der Waals surface area contributed by atoms with E-state index >= 15 is 0 Å². The maximum atomic E-state index is 11.4. The third-order valence-electron chi connectivity index (χ3n) is 5.41. The number of fused-ring (bicyclic) bond motifs is 1. The van der Waals surface area contributed by atoms with Gasteiger partial charge in [0.05, 0.1) is 6.33 Å². The summed E-state index contributed by atoms with van der Waals surface area (Å²) in [5.41, 5.74) is -0.752. The van der Waals surface area contributed by atoms with Gasteiger partial charge < -0.3 is 25.2 Å². The van der Waals surface area contributed by atoms with Crippen molar-refractivity contribution in [2.45, 2.75) is 38.3 Å². The van der Waals surface area contributed by atoms with Crippen LogP contribution < -0.4 is 5.32 Å². The fourth-order valence-electron chi connectivity index (χ4n) is 4.19. The molecule has 0 spiro atoms. The number of aromatic nitrogens is 2. The van der Waals surface area contributed by atoms with Crippen molar-refractivity contribution < 1.29 is 29.7 Å². The van der Waals surface area contributed by atoms with Gasteiger partial charge in [-0.2, -0.15) is 0 Å². The molecule has 4 atom stereocenters. The molecule has 25 heavy (non-hydrogen) atoms. The van der Waals surface area contributed by atoms with Crippen molar-refractivity contribution in [3.05, 3.63) is 17.7 Å². The number of rotatable bonds is 5. The van der Waals surface area contributed by atoms with Gasteiger partial charge in [-0.1, -0.05) is 0 Å². The molecular weight excluding hydrogens is 330 g/mol. The van der Waals surface area contributed by atoms with E-state index in [4.69, 9.17) is 5.11 Å². The first kappa shape index (κ1) is 17.4. The highest BCUT2D eigenvalue weighted by molar-refractivity contribution is 5.99. The standard InChI is InChI=1S/C16H21N3O6/c20-14(21)11-4-10-3-8(1-2-9(10)5-17-11)6-19-7-18-12(15(22)23)13(19)16(24)25/h7-11,17H,1-6H2,(H,20,21)(H,22,23)(H,24,25). The number of nitrogens with one attached hydrogen (secondary N) is 1. The van der Waals surface area contributed by atoms with E-state index < -0.39 is 29.6 Å². The van der Waals surface area contributed by atoms with E-state index in [1.54, 1.807) is 0 Å². The summed E-state index contributed by atoms with van der Waals surface area (Å²) in [4.78, 5) is 37.4. The molecule has 0 radical (unpaired) electrons. The largest absolute Gasteiger partial charge is 0.480 e. The number of nitrogens with zero attached hydrogens (tertiary/aromatic N) is 2. The Hall–Kier alpha value is -2.42. The summed E-state index contributed by atoms with van der Waals surface area (Å²) in [5.74, 6) is -2.59. The Morgan fingerprint density at radius 3 is 2.52 bits per heavy atom. The lowest BCUT2D eigenvalue weighted by molar-refractivity contribution is -0.141. The van der Waals surface area contributed by atoms with Crippen LogP contribution in [0, 0.1) is 17.8 Å². The molecule has 9 nitrogen and oxygen atoms in total. The molecule has 1 saturated carbocycles. The van der Waals surface area contributed by atoms with Crippen LogP contribution in [0.2, 0.25) is 0 Å². The van der Waals surface area contributed by atoms with Crippen LogP contribution in [0.1, 0.15) is 46.7 Å². The lowest BCUT2D eigenvalue weighted by Gasteiger charge is -2.41. The first-order chi connectivity index (χ1) is 11.9. The number of imidazole rings is 1. The Kier molecular flexibility index (Phi) is 4.76. The van der Waals surface area contributed by atoms with E-state index in [2.05, 4.69) is 10.3 Å². The SMILES string of the molecule is O=C(O)c1ncn(CC2CCC3CNC(C(=O)O)CC3C2)c1C(=O)O. The minimum absolute atomic E-state index is 0.183. The molecule has 9 heteroatoms.